The fourth-order valence-electron chi connectivity index (χ4n) is 3.96. The van der Waals surface area contributed by atoms with Crippen LogP contribution in [0.3, 0.4) is 0 Å². The molecule has 0 aliphatic carbocycles. The van der Waals surface area contributed by atoms with E-state index in [1.165, 1.54) is 11.3 Å². The number of esters is 1. The van der Waals surface area contributed by atoms with E-state index in [1.807, 2.05) is 69.3 Å². The van der Waals surface area contributed by atoms with E-state index < -0.39 is 12.0 Å². The third kappa shape index (κ3) is 5.18. The summed E-state index contributed by atoms with van der Waals surface area (Å²) in [5.74, 6) is 0.248. The average molecular weight is 555 g/mol. The number of hydrogen-bond acceptors (Lipinski definition) is 6. The van der Waals surface area contributed by atoms with Gasteiger partial charge in [0.1, 0.15) is 5.75 Å². The maximum atomic E-state index is 13.7. The minimum absolute atomic E-state index is 0.0394. The molecular weight excluding hydrogens is 528 g/mol. The molecular formula is C27H27BrN2O4S. The molecule has 1 aromatic heterocycles. The molecule has 0 bridgehead atoms. The van der Waals surface area contributed by atoms with Crippen LogP contribution in [-0.4, -0.2) is 23.2 Å². The zero-order valence-electron chi connectivity index (χ0n) is 20.3. The standard InChI is InChI=1S/C27H27BrN2O4S/c1-6-33-26(32)23-17(5)29-27-30(24(23)19-9-11-20(12-10-19)34-15(2)3)25(31)22(35-27)14-18-8-7-16(4)21(28)13-18/h7-15,24H,6H2,1-5H3/b22-14-/t24-/m0/s1. The number of carbonyl (C=O) groups is 1. The molecule has 8 heteroatoms. The molecule has 0 N–H and O–H groups in total. The second kappa shape index (κ2) is 10.3. The summed E-state index contributed by atoms with van der Waals surface area (Å²) in [6, 6.07) is 12.8. The molecule has 0 saturated carbocycles. The first-order chi connectivity index (χ1) is 16.7. The fraction of sp³-hybridized carbons (Fsp3) is 0.296. The van der Waals surface area contributed by atoms with Crippen molar-refractivity contribution in [3.63, 3.8) is 0 Å². The smallest absolute Gasteiger partial charge is 0.338 e. The van der Waals surface area contributed by atoms with Gasteiger partial charge in [0.25, 0.3) is 5.56 Å². The molecule has 0 unspecified atom stereocenters. The van der Waals surface area contributed by atoms with Gasteiger partial charge in [-0.05, 0) is 75.6 Å². The van der Waals surface area contributed by atoms with E-state index in [9.17, 15) is 9.59 Å². The number of carbonyl (C=O) groups excluding carboxylic acids is 1. The molecule has 3 aromatic rings. The van der Waals surface area contributed by atoms with E-state index in [2.05, 4.69) is 20.9 Å². The molecule has 2 heterocycles. The number of aromatic nitrogens is 1. The zero-order valence-corrected chi connectivity index (χ0v) is 22.7. The van der Waals surface area contributed by atoms with Gasteiger partial charge in [0, 0.05) is 4.47 Å². The highest BCUT2D eigenvalue weighted by molar-refractivity contribution is 9.10. The summed E-state index contributed by atoms with van der Waals surface area (Å²) in [5.41, 5.74) is 3.50. The van der Waals surface area contributed by atoms with Crippen LogP contribution in [0.2, 0.25) is 0 Å². The van der Waals surface area contributed by atoms with Crippen molar-refractivity contribution in [3.8, 4) is 5.75 Å². The Labute approximate surface area is 216 Å². The average Bonchev–Trinajstić information content (AvgIpc) is 3.10. The summed E-state index contributed by atoms with van der Waals surface area (Å²) >= 11 is 4.86. The molecule has 0 saturated heterocycles. The number of ether oxygens (including phenoxy) is 2. The van der Waals surface area contributed by atoms with Crippen LogP contribution in [0.4, 0.5) is 0 Å². The van der Waals surface area contributed by atoms with E-state index in [-0.39, 0.29) is 18.3 Å². The highest BCUT2D eigenvalue weighted by Gasteiger charge is 2.33. The van der Waals surface area contributed by atoms with Gasteiger partial charge in [-0.15, -0.1) is 0 Å². The lowest BCUT2D eigenvalue weighted by Gasteiger charge is -2.25. The summed E-state index contributed by atoms with van der Waals surface area (Å²) in [4.78, 5) is 31.8. The lowest BCUT2D eigenvalue weighted by molar-refractivity contribution is -0.139. The van der Waals surface area contributed by atoms with Crippen molar-refractivity contribution in [2.75, 3.05) is 6.61 Å². The fourth-order valence-corrected chi connectivity index (χ4v) is 5.40. The Bertz CT molecular complexity index is 1480. The summed E-state index contributed by atoms with van der Waals surface area (Å²) in [7, 11) is 0. The van der Waals surface area contributed by atoms with Gasteiger partial charge in [-0.25, -0.2) is 9.79 Å². The quantitative estimate of drug-likeness (QED) is 0.415. The topological polar surface area (TPSA) is 69.9 Å². The minimum atomic E-state index is -0.648. The normalized spacial score (nSPS) is 15.7. The summed E-state index contributed by atoms with van der Waals surface area (Å²) < 4.78 is 14.2. The first-order valence-corrected chi connectivity index (χ1v) is 13.0. The van der Waals surface area contributed by atoms with Crippen molar-refractivity contribution in [1.82, 2.24) is 4.57 Å². The number of benzene rings is 2. The number of aryl methyl sites for hydroxylation is 1. The molecule has 35 heavy (non-hydrogen) atoms. The molecule has 0 fully saturated rings. The SMILES string of the molecule is CCOC(=O)C1=C(C)N=c2s/c(=C\c3ccc(C)c(Br)c3)c(=O)n2[C@H]1c1ccc(OC(C)C)cc1. The van der Waals surface area contributed by atoms with Crippen LogP contribution in [0.25, 0.3) is 6.08 Å². The maximum absolute atomic E-state index is 13.7. The minimum Gasteiger partial charge on any atom is -0.491 e. The third-order valence-corrected chi connectivity index (χ3v) is 7.42. The Balaban J connectivity index is 1.89. The van der Waals surface area contributed by atoms with Crippen molar-refractivity contribution >= 4 is 39.3 Å². The van der Waals surface area contributed by atoms with E-state index in [0.29, 0.717) is 20.6 Å². The summed E-state index contributed by atoms with van der Waals surface area (Å²) in [5, 5.41) is 0. The molecule has 0 radical (unpaired) electrons. The molecule has 2 aromatic carbocycles. The van der Waals surface area contributed by atoms with Crippen molar-refractivity contribution in [2.24, 2.45) is 4.99 Å². The Hall–Kier alpha value is -2.97. The zero-order chi connectivity index (χ0) is 25.3. The third-order valence-electron chi connectivity index (χ3n) is 5.58. The largest absolute Gasteiger partial charge is 0.491 e. The number of halogens is 1. The Kier molecular flexibility index (Phi) is 7.42. The van der Waals surface area contributed by atoms with Crippen molar-refractivity contribution in [2.45, 2.75) is 46.8 Å². The first-order valence-electron chi connectivity index (χ1n) is 11.4. The van der Waals surface area contributed by atoms with Crippen LogP contribution in [0.15, 0.2) is 68.0 Å². The highest BCUT2D eigenvalue weighted by atomic mass is 79.9. The van der Waals surface area contributed by atoms with Crippen LogP contribution in [0.5, 0.6) is 5.75 Å². The van der Waals surface area contributed by atoms with Gasteiger partial charge in [-0.2, -0.15) is 0 Å². The summed E-state index contributed by atoms with van der Waals surface area (Å²) in [6.07, 6.45) is 1.89. The van der Waals surface area contributed by atoms with Gasteiger partial charge >= 0.3 is 5.97 Å². The van der Waals surface area contributed by atoms with Crippen LogP contribution in [0, 0.1) is 6.92 Å². The number of allylic oxidation sites excluding steroid dienone is 1. The van der Waals surface area contributed by atoms with Crippen LogP contribution >= 0.6 is 27.3 Å². The van der Waals surface area contributed by atoms with Crippen molar-refractivity contribution in [3.05, 3.63) is 94.6 Å². The first kappa shape index (κ1) is 25.1. The monoisotopic (exact) mass is 554 g/mol. The van der Waals surface area contributed by atoms with Crippen LogP contribution in [-0.2, 0) is 9.53 Å². The molecule has 0 spiro atoms. The van der Waals surface area contributed by atoms with E-state index in [0.717, 1.165) is 26.9 Å². The molecule has 6 nitrogen and oxygen atoms in total. The van der Waals surface area contributed by atoms with Gasteiger partial charge in [0.2, 0.25) is 0 Å². The Morgan fingerprint density at radius 2 is 1.91 bits per heavy atom. The number of fused-ring (bicyclic) bond motifs is 1. The lowest BCUT2D eigenvalue weighted by Crippen LogP contribution is -2.39. The number of thiazole rings is 1. The van der Waals surface area contributed by atoms with Crippen LogP contribution < -0.4 is 19.6 Å². The van der Waals surface area contributed by atoms with Gasteiger partial charge in [-0.3, -0.25) is 9.36 Å². The molecule has 182 valence electrons. The molecule has 1 aliphatic heterocycles. The number of hydrogen-bond donors (Lipinski definition) is 0. The Morgan fingerprint density at radius 1 is 1.20 bits per heavy atom. The van der Waals surface area contributed by atoms with Crippen LogP contribution in [0.1, 0.15) is 50.4 Å². The van der Waals surface area contributed by atoms with Gasteiger partial charge < -0.3 is 9.47 Å². The highest BCUT2D eigenvalue weighted by Crippen LogP contribution is 2.31. The van der Waals surface area contributed by atoms with Gasteiger partial charge in [0.15, 0.2) is 4.80 Å². The second-order valence-corrected chi connectivity index (χ2v) is 10.4. The second-order valence-electron chi connectivity index (χ2n) is 8.55. The molecule has 0 amide bonds. The van der Waals surface area contributed by atoms with E-state index in [4.69, 9.17) is 9.47 Å². The number of rotatable bonds is 6. The van der Waals surface area contributed by atoms with E-state index >= 15 is 0 Å². The summed E-state index contributed by atoms with van der Waals surface area (Å²) in [6.45, 7) is 9.71. The number of nitrogens with zero attached hydrogens (tertiary/aromatic N) is 2. The predicted molar refractivity (Wildman–Crippen MR) is 141 cm³/mol. The van der Waals surface area contributed by atoms with E-state index in [1.54, 1.807) is 18.4 Å². The molecule has 1 atom stereocenters. The van der Waals surface area contributed by atoms with Gasteiger partial charge in [-0.1, -0.05) is 51.5 Å². The van der Waals surface area contributed by atoms with Crippen molar-refractivity contribution in [1.29, 1.82) is 0 Å². The lowest BCUT2D eigenvalue weighted by atomic mass is 9.96. The molecule has 1 aliphatic rings. The predicted octanol–water partition coefficient (Wildman–Crippen LogP) is 4.66. The van der Waals surface area contributed by atoms with Crippen molar-refractivity contribution < 1.29 is 14.3 Å². The molecule has 4 rings (SSSR count). The van der Waals surface area contributed by atoms with Gasteiger partial charge in [0.05, 0.1) is 34.6 Å². The maximum Gasteiger partial charge on any atom is 0.338 e. The Morgan fingerprint density at radius 3 is 2.54 bits per heavy atom.